The zero-order chi connectivity index (χ0) is 27.0. The first kappa shape index (κ1) is 25.5. The summed E-state index contributed by atoms with van der Waals surface area (Å²) >= 11 is 0. The van der Waals surface area contributed by atoms with Crippen molar-refractivity contribution in [2.24, 2.45) is 5.41 Å². The molecule has 0 radical (unpaired) electrons. The molecule has 0 atom stereocenters. The van der Waals surface area contributed by atoms with Gasteiger partial charge in [-0.15, -0.1) is 0 Å². The lowest BCUT2D eigenvalue weighted by Gasteiger charge is -2.38. The molecule has 0 saturated carbocycles. The monoisotopic (exact) mass is 527 g/mol. The molecule has 0 aliphatic carbocycles. The number of hydrogen-bond donors (Lipinski definition) is 0. The molecule has 0 unspecified atom stereocenters. The van der Waals surface area contributed by atoms with Crippen LogP contribution in [0.2, 0.25) is 0 Å². The Balaban J connectivity index is 1.07. The minimum absolute atomic E-state index is 0.0380. The Kier molecular flexibility index (Phi) is 6.81. The van der Waals surface area contributed by atoms with Crippen LogP contribution in [0, 0.1) is 11.2 Å². The molecule has 4 heterocycles. The molecule has 3 aromatic rings. The number of aromatic nitrogens is 1. The van der Waals surface area contributed by atoms with Gasteiger partial charge in [-0.25, -0.2) is 4.39 Å². The molecule has 3 saturated heterocycles. The molecule has 202 valence electrons. The third kappa shape index (κ3) is 4.89. The van der Waals surface area contributed by atoms with Gasteiger partial charge in [0.2, 0.25) is 5.91 Å². The molecule has 1 aromatic heterocycles. The zero-order valence-corrected chi connectivity index (χ0v) is 22.4. The second-order valence-corrected chi connectivity index (χ2v) is 11.0. The Bertz CT molecular complexity index is 1340. The summed E-state index contributed by atoms with van der Waals surface area (Å²) in [6.07, 6.45) is 4.91. The van der Waals surface area contributed by atoms with Crippen LogP contribution >= 0.6 is 0 Å². The number of carbonyl (C=O) groups is 2. The molecule has 39 heavy (non-hydrogen) atoms. The molecule has 0 N–H and O–H groups in total. The van der Waals surface area contributed by atoms with E-state index in [1.807, 2.05) is 46.2 Å². The number of anilines is 2. The van der Waals surface area contributed by atoms with Crippen molar-refractivity contribution in [3.05, 3.63) is 78.4 Å². The summed E-state index contributed by atoms with van der Waals surface area (Å²) in [5, 5.41) is 0. The van der Waals surface area contributed by atoms with E-state index in [2.05, 4.69) is 34.0 Å². The van der Waals surface area contributed by atoms with Crippen LogP contribution in [0.4, 0.5) is 15.8 Å². The third-order valence-electron chi connectivity index (χ3n) is 8.77. The number of pyridine rings is 1. The van der Waals surface area contributed by atoms with Gasteiger partial charge in [-0.05, 0) is 74.3 Å². The quantitative estimate of drug-likeness (QED) is 0.507. The van der Waals surface area contributed by atoms with Gasteiger partial charge < -0.3 is 19.6 Å². The number of benzene rings is 2. The van der Waals surface area contributed by atoms with Crippen molar-refractivity contribution in [1.29, 1.82) is 0 Å². The van der Waals surface area contributed by atoms with E-state index in [0.717, 1.165) is 49.5 Å². The Hall–Kier alpha value is -3.78. The van der Waals surface area contributed by atoms with Gasteiger partial charge in [-0.3, -0.25) is 14.6 Å². The maximum Gasteiger partial charge on any atom is 0.253 e. The smallest absolute Gasteiger partial charge is 0.253 e. The summed E-state index contributed by atoms with van der Waals surface area (Å²) in [5.74, 6) is -0.196. The number of halogens is 1. The van der Waals surface area contributed by atoms with Crippen molar-refractivity contribution < 1.29 is 14.0 Å². The SMILES string of the molecule is CN1CCN(c2ccc(C(=O)N3CCC4(CC3)CCN(c3ccc(-c5ccncc5F)cc3)C4=O)cc2)CC1. The van der Waals surface area contributed by atoms with Crippen LogP contribution in [-0.2, 0) is 4.79 Å². The first-order valence-corrected chi connectivity index (χ1v) is 13.8. The summed E-state index contributed by atoms with van der Waals surface area (Å²) in [7, 11) is 2.14. The Morgan fingerprint density at radius 1 is 0.821 bits per heavy atom. The van der Waals surface area contributed by atoms with Crippen LogP contribution < -0.4 is 9.80 Å². The van der Waals surface area contributed by atoms with E-state index < -0.39 is 5.41 Å². The van der Waals surface area contributed by atoms with Crippen LogP contribution in [0.15, 0.2) is 67.0 Å². The molecule has 7 nitrogen and oxygen atoms in total. The van der Waals surface area contributed by atoms with Crippen LogP contribution in [-0.4, -0.2) is 79.5 Å². The van der Waals surface area contributed by atoms with Crippen molar-refractivity contribution >= 4 is 23.2 Å². The fraction of sp³-hybridized carbons (Fsp3) is 0.387. The van der Waals surface area contributed by atoms with Crippen molar-refractivity contribution in [3.63, 3.8) is 0 Å². The molecule has 2 amide bonds. The fourth-order valence-electron chi connectivity index (χ4n) is 6.16. The number of hydrogen-bond acceptors (Lipinski definition) is 5. The summed E-state index contributed by atoms with van der Waals surface area (Å²) in [6, 6.07) is 17.1. The van der Waals surface area contributed by atoms with Gasteiger partial charge in [0.15, 0.2) is 0 Å². The number of likely N-dealkylation sites (N-methyl/N-ethyl adjacent to an activating group) is 1. The highest BCUT2D eigenvalue weighted by atomic mass is 19.1. The molecule has 6 rings (SSSR count). The Labute approximate surface area is 228 Å². The standard InChI is InChI=1S/C31H34FN5O2/c1-34-18-20-35(21-19-34)25-6-4-24(5-7-25)29(38)36-15-11-31(12-16-36)13-17-37(30(31)39)26-8-2-23(3-9-26)27-10-14-33-22-28(27)32/h2-10,14,22H,11-13,15-21H2,1H3. The second kappa shape index (κ2) is 10.4. The summed E-state index contributed by atoms with van der Waals surface area (Å²) < 4.78 is 14.1. The van der Waals surface area contributed by atoms with Gasteiger partial charge in [0.05, 0.1) is 11.6 Å². The van der Waals surface area contributed by atoms with Gasteiger partial charge in [0, 0.05) is 74.5 Å². The number of likely N-dealkylation sites (tertiary alicyclic amines) is 1. The Morgan fingerprint density at radius 3 is 2.13 bits per heavy atom. The van der Waals surface area contributed by atoms with Crippen LogP contribution in [0.25, 0.3) is 11.1 Å². The Morgan fingerprint density at radius 2 is 1.46 bits per heavy atom. The van der Waals surface area contributed by atoms with E-state index in [1.165, 1.54) is 6.20 Å². The van der Waals surface area contributed by atoms with Crippen molar-refractivity contribution in [2.45, 2.75) is 19.3 Å². The largest absolute Gasteiger partial charge is 0.369 e. The van der Waals surface area contributed by atoms with Gasteiger partial charge in [0.1, 0.15) is 5.82 Å². The lowest BCUT2D eigenvalue weighted by molar-refractivity contribution is -0.127. The van der Waals surface area contributed by atoms with Gasteiger partial charge in [-0.1, -0.05) is 12.1 Å². The highest BCUT2D eigenvalue weighted by Gasteiger charge is 2.49. The first-order chi connectivity index (χ1) is 18.9. The second-order valence-electron chi connectivity index (χ2n) is 11.0. The normalized spacial score (nSPS) is 19.6. The number of rotatable bonds is 4. The van der Waals surface area contributed by atoms with E-state index in [9.17, 15) is 14.0 Å². The topological polar surface area (TPSA) is 60.0 Å². The maximum absolute atomic E-state index is 14.1. The van der Waals surface area contributed by atoms with Gasteiger partial charge in [-0.2, -0.15) is 0 Å². The summed E-state index contributed by atoms with van der Waals surface area (Å²) in [4.78, 5) is 39.1. The molecular weight excluding hydrogens is 493 g/mol. The first-order valence-electron chi connectivity index (χ1n) is 13.8. The molecule has 3 aliphatic rings. The maximum atomic E-state index is 14.1. The number of amides is 2. The van der Waals surface area contributed by atoms with Crippen LogP contribution in [0.5, 0.6) is 0 Å². The molecular formula is C31H34FN5O2. The van der Waals surface area contributed by atoms with E-state index >= 15 is 0 Å². The highest BCUT2D eigenvalue weighted by molar-refractivity contribution is 6.00. The fourth-order valence-corrected chi connectivity index (χ4v) is 6.16. The molecule has 3 aliphatic heterocycles. The van der Waals surface area contributed by atoms with Crippen molar-refractivity contribution in [3.8, 4) is 11.1 Å². The summed E-state index contributed by atoms with van der Waals surface area (Å²) in [6.45, 7) is 5.90. The number of nitrogens with zero attached hydrogens (tertiary/aromatic N) is 5. The van der Waals surface area contributed by atoms with E-state index in [1.54, 1.807) is 12.3 Å². The lowest BCUT2D eigenvalue weighted by atomic mass is 9.77. The van der Waals surface area contributed by atoms with E-state index in [-0.39, 0.29) is 17.6 Å². The third-order valence-corrected chi connectivity index (χ3v) is 8.77. The average molecular weight is 528 g/mol. The summed E-state index contributed by atoms with van der Waals surface area (Å²) in [5.41, 5.74) is 3.52. The predicted octanol–water partition coefficient (Wildman–Crippen LogP) is 4.30. The van der Waals surface area contributed by atoms with Crippen molar-refractivity contribution in [2.75, 3.05) is 62.7 Å². The molecule has 2 aromatic carbocycles. The average Bonchev–Trinajstić information content (AvgIpc) is 3.29. The number of piperidine rings is 1. The number of piperazine rings is 1. The van der Waals surface area contributed by atoms with Gasteiger partial charge >= 0.3 is 0 Å². The lowest BCUT2D eigenvalue weighted by Crippen LogP contribution is -2.46. The molecule has 1 spiro atoms. The van der Waals surface area contributed by atoms with E-state index in [4.69, 9.17) is 0 Å². The molecule has 0 bridgehead atoms. The highest BCUT2D eigenvalue weighted by Crippen LogP contribution is 2.43. The minimum atomic E-state index is -0.419. The minimum Gasteiger partial charge on any atom is -0.369 e. The van der Waals surface area contributed by atoms with E-state index in [0.29, 0.717) is 43.6 Å². The molecule has 3 fully saturated rings. The van der Waals surface area contributed by atoms with Crippen LogP contribution in [0.3, 0.4) is 0 Å². The van der Waals surface area contributed by atoms with Gasteiger partial charge in [0.25, 0.3) is 5.91 Å². The zero-order valence-electron chi connectivity index (χ0n) is 22.4. The number of carbonyl (C=O) groups excluding carboxylic acids is 2. The van der Waals surface area contributed by atoms with Crippen LogP contribution in [0.1, 0.15) is 29.6 Å². The van der Waals surface area contributed by atoms with Crippen molar-refractivity contribution in [1.82, 2.24) is 14.8 Å². The predicted molar refractivity (Wildman–Crippen MR) is 150 cm³/mol. The molecule has 8 heteroatoms.